The Morgan fingerprint density at radius 1 is 1.05 bits per heavy atom. The van der Waals surface area contributed by atoms with E-state index in [-0.39, 0.29) is 0 Å². The summed E-state index contributed by atoms with van der Waals surface area (Å²) in [6, 6.07) is 0. The Labute approximate surface area is 123 Å². The van der Waals surface area contributed by atoms with Gasteiger partial charge in [0.1, 0.15) is 0 Å². The fourth-order valence-corrected chi connectivity index (χ4v) is 3.12. The third-order valence-corrected chi connectivity index (χ3v) is 4.67. The van der Waals surface area contributed by atoms with Crippen LogP contribution in [0.25, 0.3) is 0 Å². The number of rotatable bonds is 7. The van der Waals surface area contributed by atoms with E-state index >= 15 is 0 Å². The van der Waals surface area contributed by atoms with E-state index in [0.717, 1.165) is 71.1 Å². The molecule has 2 saturated heterocycles. The van der Waals surface area contributed by atoms with Gasteiger partial charge in [0.25, 0.3) is 0 Å². The SMILES string of the molecule is CC(CCOCCN1CCOCC1)C1CCCOCC1. The van der Waals surface area contributed by atoms with Gasteiger partial charge in [0.05, 0.1) is 19.8 Å². The van der Waals surface area contributed by atoms with Crippen LogP contribution in [0.15, 0.2) is 0 Å². The van der Waals surface area contributed by atoms with Crippen molar-refractivity contribution in [3.05, 3.63) is 0 Å². The maximum atomic E-state index is 5.82. The fraction of sp³-hybridized carbons (Fsp3) is 1.00. The van der Waals surface area contributed by atoms with Crippen LogP contribution >= 0.6 is 0 Å². The highest BCUT2D eigenvalue weighted by Crippen LogP contribution is 2.26. The highest BCUT2D eigenvalue weighted by atomic mass is 16.5. The Hall–Kier alpha value is -0.160. The first-order valence-corrected chi connectivity index (χ1v) is 8.32. The smallest absolute Gasteiger partial charge is 0.0594 e. The van der Waals surface area contributed by atoms with E-state index in [4.69, 9.17) is 14.2 Å². The summed E-state index contributed by atoms with van der Waals surface area (Å²) in [6.45, 7) is 11.0. The third-order valence-electron chi connectivity index (χ3n) is 4.67. The van der Waals surface area contributed by atoms with Crippen LogP contribution in [-0.2, 0) is 14.2 Å². The molecule has 0 aromatic carbocycles. The monoisotopic (exact) mass is 285 g/mol. The van der Waals surface area contributed by atoms with Crippen LogP contribution in [0.2, 0.25) is 0 Å². The summed E-state index contributed by atoms with van der Waals surface area (Å²) >= 11 is 0. The predicted molar refractivity (Wildman–Crippen MR) is 80.0 cm³/mol. The van der Waals surface area contributed by atoms with Gasteiger partial charge < -0.3 is 14.2 Å². The quantitative estimate of drug-likeness (QED) is 0.671. The summed E-state index contributed by atoms with van der Waals surface area (Å²) in [5, 5.41) is 0. The molecule has 2 heterocycles. The Bertz CT molecular complexity index is 236. The van der Waals surface area contributed by atoms with E-state index in [2.05, 4.69) is 11.8 Å². The largest absolute Gasteiger partial charge is 0.381 e. The van der Waals surface area contributed by atoms with Crippen LogP contribution in [0.3, 0.4) is 0 Å². The zero-order chi connectivity index (χ0) is 14.0. The molecule has 0 N–H and O–H groups in total. The lowest BCUT2D eigenvalue weighted by Gasteiger charge is -2.26. The second-order valence-electron chi connectivity index (χ2n) is 6.14. The molecule has 4 heteroatoms. The van der Waals surface area contributed by atoms with Gasteiger partial charge in [0, 0.05) is 39.5 Å². The summed E-state index contributed by atoms with van der Waals surface area (Å²) in [6.07, 6.45) is 4.98. The summed E-state index contributed by atoms with van der Waals surface area (Å²) in [4.78, 5) is 2.43. The molecule has 2 aliphatic heterocycles. The number of hydrogen-bond acceptors (Lipinski definition) is 4. The highest BCUT2D eigenvalue weighted by molar-refractivity contribution is 4.69. The van der Waals surface area contributed by atoms with Crippen LogP contribution in [0.1, 0.15) is 32.6 Å². The van der Waals surface area contributed by atoms with Gasteiger partial charge in [0.2, 0.25) is 0 Å². The van der Waals surface area contributed by atoms with Gasteiger partial charge >= 0.3 is 0 Å². The maximum Gasteiger partial charge on any atom is 0.0594 e. The maximum absolute atomic E-state index is 5.82. The zero-order valence-electron chi connectivity index (χ0n) is 13.0. The van der Waals surface area contributed by atoms with Crippen LogP contribution in [0.4, 0.5) is 0 Å². The lowest BCUT2D eigenvalue weighted by atomic mass is 9.86. The highest BCUT2D eigenvalue weighted by Gasteiger charge is 2.19. The first-order valence-electron chi connectivity index (χ1n) is 8.32. The Balaban J connectivity index is 1.49. The van der Waals surface area contributed by atoms with E-state index in [9.17, 15) is 0 Å². The molecule has 0 aromatic rings. The minimum absolute atomic E-state index is 0.764. The van der Waals surface area contributed by atoms with Crippen molar-refractivity contribution in [1.82, 2.24) is 4.90 Å². The van der Waals surface area contributed by atoms with E-state index in [1.54, 1.807) is 0 Å². The Morgan fingerprint density at radius 3 is 2.70 bits per heavy atom. The molecule has 0 bridgehead atoms. The first-order chi connectivity index (χ1) is 9.86. The molecule has 0 aromatic heterocycles. The summed E-state index contributed by atoms with van der Waals surface area (Å²) in [7, 11) is 0. The molecule has 0 spiro atoms. The van der Waals surface area contributed by atoms with E-state index in [1.807, 2.05) is 0 Å². The van der Waals surface area contributed by atoms with Crippen LogP contribution in [0.5, 0.6) is 0 Å². The molecule has 0 amide bonds. The topological polar surface area (TPSA) is 30.9 Å². The van der Waals surface area contributed by atoms with Gasteiger partial charge in [-0.3, -0.25) is 4.90 Å². The summed E-state index contributed by atoms with van der Waals surface area (Å²) in [5.41, 5.74) is 0. The van der Waals surface area contributed by atoms with Crippen LogP contribution in [0, 0.1) is 11.8 Å². The summed E-state index contributed by atoms with van der Waals surface area (Å²) in [5.74, 6) is 1.60. The molecule has 0 aliphatic carbocycles. The van der Waals surface area contributed by atoms with Crippen LogP contribution in [-0.4, -0.2) is 64.2 Å². The third kappa shape index (κ3) is 6.08. The minimum Gasteiger partial charge on any atom is -0.381 e. The van der Waals surface area contributed by atoms with Gasteiger partial charge in [-0.15, -0.1) is 0 Å². The predicted octanol–water partition coefficient (Wildman–Crippen LogP) is 2.18. The lowest BCUT2D eigenvalue weighted by molar-refractivity contribution is 0.0183. The van der Waals surface area contributed by atoms with Crippen molar-refractivity contribution in [2.24, 2.45) is 11.8 Å². The van der Waals surface area contributed by atoms with Crippen molar-refractivity contribution in [2.75, 3.05) is 59.3 Å². The van der Waals surface area contributed by atoms with Crippen molar-refractivity contribution in [2.45, 2.75) is 32.6 Å². The van der Waals surface area contributed by atoms with Crippen LogP contribution < -0.4 is 0 Å². The molecule has 2 unspecified atom stereocenters. The second kappa shape index (κ2) is 9.72. The van der Waals surface area contributed by atoms with Gasteiger partial charge in [-0.25, -0.2) is 0 Å². The number of ether oxygens (including phenoxy) is 3. The molecule has 4 nitrogen and oxygen atoms in total. The lowest BCUT2D eigenvalue weighted by Crippen LogP contribution is -2.38. The molecule has 20 heavy (non-hydrogen) atoms. The Kier molecular flexibility index (Phi) is 7.88. The van der Waals surface area contributed by atoms with E-state index in [0.29, 0.717) is 0 Å². The van der Waals surface area contributed by atoms with Crippen molar-refractivity contribution < 1.29 is 14.2 Å². The standard InChI is InChI=1S/C16H31NO3/c1-15(16-3-2-9-18-11-5-16)4-10-19-12-6-17-7-13-20-14-8-17/h15-16H,2-14H2,1H3. The molecule has 118 valence electrons. The molecule has 0 saturated carbocycles. The van der Waals surface area contributed by atoms with Gasteiger partial charge in [-0.2, -0.15) is 0 Å². The Morgan fingerprint density at radius 2 is 1.85 bits per heavy atom. The molecule has 2 atom stereocenters. The number of morpholine rings is 1. The average Bonchev–Trinajstić information content (AvgIpc) is 2.77. The zero-order valence-corrected chi connectivity index (χ0v) is 13.0. The van der Waals surface area contributed by atoms with Crippen molar-refractivity contribution in [1.29, 1.82) is 0 Å². The molecule has 2 rings (SSSR count). The van der Waals surface area contributed by atoms with E-state index in [1.165, 1.54) is 25.7 Å². The van der Waals surface area contributed by atoms with Gasteiger partial charge in [-0.05, 0) is 37.5 Å². The first kappa shape index (κ1) is 16.2. The molecular weight excluding hydrogens is 254 g/mol. The van der Waals surface area contributed by atoms with Crippen molar-refractivity contribution in [3.8, 4) is 0 Å². The molecular formula is C16H31NO3. The number of nitrogens with zero attached hydrogens (tertiary/aromatic N) is 1. The van der Waals surface area contributed by atoms with Gasteiger partial charge in [0.15, 0.2) is 0 Å². The van der Waals surface area contributed by atoms with Crippen molar-refractivity contribution >= 4 is 0 Å². The molecule has 2 fully saturated rings. The van der Waals surface area contributed by atoms with Gasteiger partial charge in [-0.1, -0.05) is 6.92 Å². The van der Waals surface area contributed by atoms with Crippen molar-refractivity contribution in [3.63, 3.8) is 0 Å². The summed E-state index contributed by atoms with van der Waals surface area (Å²) < 4.78 is 16.7. The second-order valence-corrected chi connectivity index (χ2v) is 6.14. The normalized spacial score (nSPS) is 27.1. The molecule has 0 radical (unpaired) electrons. The fourth-order valence-electron chi connectivity index (χ4n) is 3.12. The average molecular weight is 285 g/mol. The number of hydrogen-bond donors (Lipinski definition) is 0. The molecule has 2 aliphatic rings. The van der Waals surface area contributed by atoms with E-state index < -0.39 is 0 Å². The minimum atomic E-state index is 0.764.